The summed E-state index contributed by atoms with van der Waals surface area (Å²) in [6.07, 6.45) is 2.00. The maximum atomic E-state index is 12.2. The van der Waals surface area contributed by atoms with Crippen molar-refractivity contribution in [3.63, 3.8) is 0 Å². The maximum absolute atomic E-state index is 12.2. The zero-order valence-electron chi connectivity index (χ0n) is 13.1. The third-order valence-corrected chi connectivity index (χ3v) is 3.05. The number of carbonyl (C=O) groups excluding carboxylic acids is 1. The van der Waals surface area contributed by atoms with E-state index in [0.29, 0.717) is 6.54 Å². The molecular weight excluding hydrogens is 250 g/mol. The van der Waals surface area contributed by atoms with Crippen molar-refractivity contribution in [2.24, 2.45) is 0 Å². The monoisotopic (exact) mass is 277 g/mol. The van der Waals surface area contributed by atoms with Gasteiger partial charge >= 0.3 is 0 Å². The van der Waals surface area contributed by atoms with Crippen LogP contribution >= 0.6 is 0 Å². The van der Waals surface area contributed by atoms with Gasteiger partial charge in [-0.3, -0.25) is 4.79 Å². The first kappa shape index (κ1) is 16.5. The molecule has 4 nitrogen and oxygen atoms in total. The molecule has 0 unspecified atom stereocenters. The molecule has 0 aliphatic heterocycles. The van der Waals surface area contributed by atoms with Crippen molar-refractivity contribution in [1.82, 2.24) is 10.2 Å². The van der Waals surface area contributed by atoms with Crippen LogP contribution in [0.3, 0.4) is 0 Å². The molecule has 0 heterocycles. The highest BCUT2D eigenvalue weighted by Crippen LogP contribution is 2.17. The van der Waals surface area contributed by atoms with Gasteiger partial charge in [-0.25, -0.2) is 0 Å². The first-order valence-corrected chi connectivity index (χ1v) is 7.32. The van der Waals surface area contributed by atoms with E-state index in [0.717, 1.165) is 42.7 Å². The molecule has 1 aromatic rings. The molecule has 20 heavy (non-hydrogen) atoms. The number of hydrogen-bond donors (Lipinski definition) is 2. The van der Waals surface area contributed by atoms with Crippen molar-refractivity contribution in [2.75, 3.05) is 39.0 Å². The third kappa shape index (κ3) is 5.61. The van der Waals surface area contributed by atoms with E-state index in [9.17, 15) is 4.79 Å². The van der Waals surface area contributed by atoms with Crippen LogP contribution in [0.4, 0.5) is 5.69 Å². The van der Waals surface area contributed by atoms with Crippen LogP contribution in [0.2, 0.25) is 0 Å². The molecule has 0 saturated heterocycles. The van der Waals surface area contributed by atoms with Gasteiger partial charge in [0.2, 0.25) is 0 Å². The quantitative estimate of drug-likeness (QED) is 0.718. The van der Waals surface area contributed by atoms with Crippen molar-refractivity contribution in [2.45, 2.75) is 26.7 Å². The second kappa shape index (κ2) is 8.59. The first-order valence-electron chi connectivity index (χ1n) is 7.32. The molecule has 0 radical (unpaired) electrons. The lowest BCUT2D eigenvalue weighted by molar-refractivity contribution is 0.0953. The summed E-state index contributed by atoms with van der Waals surface area (Å²) >= 11 is 0. The van der Waals surface area contributed by atoms with E-state index in [1.54, 1.807) is 0 Å². The predicted octanol–water partition coefficient (Wildman–Crippen LogP) is 2.50. The van der Waals surface area contributed by atoms with Gasteiger partial charge in [0.15, 0.2) is 0 Å². The van der Waals surface area contributed by atoms with E-state index in [-0.39, 0.29) is 5.91 Å². The van der Waals surface area contributed by atoms with Crippen LogP contribution in [-0.2, 0) is 0 Å². The van der Waals surface area contributed by atoms with Gasteiger partial charge in [0.25, 0.3) is 5.91 Å². The Morgan fingerprint density at radius 2 is 2.00 bits per heavy atom. The average molecular weight is 277 g/mol. The van der Waals surface area contributed by atoms with Crippen molar-refractivity contribution in [3.8, 4) is 0 Å². The predicted molar refractivity (Wildman–Crippen MR) is 85.5 cm³/mol. The highest BCUT2D eigenvalue weighted by Gasteiger charge is 2.10. The molecule has 0 bridgehead atoms. The highest BCUT2D eigenvalue weighted by molar-refractivity contribution is 5.99. The minimum absolute atomic E-state index is 0.00218. The smallest absolute Gasteiger partial charge is 0.253 e. The van der Waals surface area contributed by atoms with Gasteiger partial charge < -0.3 is 15.5 Å². The number of amides is 1. The summed E-state index contributed by atoms with van der Waals surface area (Å²) < 4.78 is 0. The number of rotatable bonds is 8. The minimum atomic E-state index is 0.00218. The van der Waals surface area contributed by atoms with Crippen LogP contribution < -0.4 is 10.6 Å². The van der Waals surface area contributed by atoms with Gasteiger partial charge in [-0.15, -0.1) is 0 Å². The Morgan fingerprint density at radius 3 is 2.65 bits per heavy atom. The Hall–Kier alpha value is -1.55. The first-order chi connectivity index (χ1) is 9.54. The Balaban J connectivity index is 2.61. The number of nitrogens with one attached hydrogen (secondary N) is 2. The lowest BCUT2D eigenvalue weighted by atomic mass is 10.1. The molecule has 112 valence electrons. The normalized spacial score (nSPS) is 10.7. The van der Waals surface area contributed by atoms with E-state index in [2.05, 4.69) is 22.5 Å². The van der Waals surface area contributed by atoms with Crippen molar-refractivity contribution < 1.29 is 4.79 Å². The fraction of sp³-hybridized carbons (Fsp3) is 0.562. The SMILES string of the molecule is CCCNc1cc(C)ccc1C(=O)NCCCN(C)C. The fourth-order valence-corrected chi connectivity index (χ4v) is 1.95. The summed E-state index contributed by atoms with van der Waals surface area (Å²) in [6.45, 7) is 6.72. The van der Waals surface area contributed by atoms with Crippen molar-refractivity contribution in [3.05, 3.63) is 29.3 Å². The lowest BCUT2D eigenvalue weighted by Gasteiger charge is -2.13. The summed E-state index contributed by atoms with van der Waals surface area (Å²) in [7, 11) is 4.07. The topological polar surface area (TPSA) is 44.4 Å². The Kier molecular flexibility index (Phi) is 7.09. The molecule has 0 aromatic heterocycles. The Morgan fingerprint density at radius 1 is 1.25 bits per heavy atom. The summed E-state index contributed by atoms with van der Waals surface area (Å²) in [5.74, 6) is 0.00218. The zero-order chi connectivity index (χ0) is 15.0. The molecule has 0 saturated carbocycles. The summed E-state index contributed by atoms with van der Waals surface area (Å²) in [5, 5.41) is 6.31. The third-order valence-electron chi connectivity index (χ3n) is 3.05. The molecule has 1 amide bonds. The Bertz CT molecular complexity index is 430. The molecule has 0 aliphatic carbocycles. The molecule has 2 N–H and O–H groups in total. The van der Waals surface area contributed by atoms with Crippen LogP contribution in [0, 0.1) is 6.92 Å². The van der Waals surface area contributed by atoms with Crippen LogP contribution in [-0.4, -0.2) is 44.5 Å². The zero-order valence-corrected chi connectivity index (χ0v) is 13.1. The highest BCUT2D eigenvalue weighted by atomic mass is 16.1. The van der Waals surface area contributed by atoms with Gasteiger partial charge in [0.1, 0.15) is 0 Å². The van der Waals surface area contributed by atoms with E-state index in [1.807, 2.05) is 39.2 Å². The Labute approximate surface area is 122 Å². The average Bonchev–Trinajstić information content (AvgIpc) is 2.41. The van der Waals surface area contributed by atoms with Gasteiger partial charge in [-0.1, -0.05) is 13.0 Å². The molecule has 0 fully saturated rings. The summed E-state index contributed by atoms with van der Waals surface area (Å²) in [6, 6.07) is 5.91. The number of aryl methyl sites for hydroxylation is 1. The fourth-order valence-electron chi connectivity index (χ4n) is 1.95. The lowest BCUT2D eigenvalue weighted by Crippen LogP contribution is -2.27. The second-order valence-electron chi connectivity index (χ2n) is 5.39. The minimum Gasteiger partial charge on any atom is -0.384 e. The van der Waals surface area contributed by atoms with E-state index >= 15 is 0 Å². The molecule has 0 aliphatic rings. The summed E-state index contributed by atoms with van der Waals surface area (Å²) in [5.41, 5.74) is 2.82. The largest absolute Gasteiger partial charge is 0.384 e. The van der Waals surface area contributed by atoms with Gasteiger partial charge in [-0.2, -0.15) is 0 Å². The molecule has 1 rings (SSSR count). The molecular formula is C16H27N3O. The van der Waals surface area contributed by atoms with Gasteiger partial charge in [0, 0.05) is 18.8 Å². The second-order valence-corrected chi connectivity index (χ2v) is 5.39. The maximum Gasteiger partial charge on any atom is 0.253 e. The van der Waals surface area contributed by atoms with E-state index in [1.165, 1.54) is 0 Å². The van der Waals surface area contributed by atoms with Crippen LogP contribution in [0.5, 0.6) is 0 Å². The van der Waals surface area contributed by atoms with Crippen LogP contribution in [0.15, 0.2) is 18.2 Å². The molecule has 0 atom stereocenters. The molecule has 1 aromatic carbocycles. The van der Waals surface area contributed by atoms with Crippen molar-refractivity contribution in [1.29, 1.82) is 0 Å². The number of carbonyl (C=O) groups is 1. The van der Waals surface area contributed by atoms with Crippen molar-refractivity contribution >= 4 is 11.6 Å². The number of nitrogens with zero attached hydrogens (tertiary/aromatic N) is 1. The van der Waals surface area contributed by atoms with Gasteiger partial charge in [-0.05, 0) is 58.1 Å². The molecule has 4 heteroatoms. The van der Waals surface area contributed by atoms with Crippen LogP contribution in [0.25, 0.3) is 0 Å². The molecule has 0 spiro atoms. The number of anilines is 1. The van der Waals surface area contributed by atoms with Gasteiger partial charge in [0.05, 0.1) is 5.56 Å². The number of benzene rings is 1. The number of hydrogen-bond acceptors (Lipinski definition) is 3. The van der Waals surface area contributed by atoms with E-state index in [4.69, 9.17) is 0 Å². The standard InChI is InChI=1S/C16H27N3O/c1-5-9-17-15-12-13(2)7-8-14(15)16(20)18-10-6-11-19(3)4/h7-8,12,17H,5-6,9-11H2,1-4H3,(H,18,20). The summed E-state index contributed by atoms with van der Waals surface area (Å²) in [4.78, 5) is 14.3. The van der Waals surface area contributed by atoms with E-state index < -0.39 is 0 Å². The van der Waals surface area contributed by atoms with Crippen LogP contribution in [0.1, 0.15) is 35.7 Å².